The van der Waals surface area contributed by atoms with E-state index in [-0.39, 0.29) is 0 Å². The Morgan fingerprint density at radius 2 is 1.75 bits per heavy atom. The molecule has 9 heteroatoms. The van der Waals surface area contributed by atoms with Gasteiger partial charge in [-0.2, -0.15) is 5.10 Å². The lowest BCUT2D eigenvalue weighted by Crippen LogP contribution is -2.44. The number of methoxy groups -OCH3 is 2. The van der Waals surface area contributed by atoms with Gasteiger partial charge >= 0.3 is 6.09 Å². The first kappa shape index (κ1) is 22.8. The first-order chi connectivity index (χ1) is 15.2. The number of hydrogen-bond acceptors (Lipinski definition) is 7. The number of nitrogens with zero attached hydrogens (tertiary/aromatic N) is 4. The number of fused-ring (bicyclic) bond motifs is 1. The molecule has 2 aromatic carbocycles. The maximum atomic E-state index is 11.5. The summed E-state index contributed by atoms with van der Waals surface area (Å²) in [5.74, 6) is 1.65. The Hall–Kier alpha value is -3.88. The molecule has 0 unspecified atom stereocenters. The van der Waals surface area contributed by atoms with E-state index in [1.165, 1.54) is 4.90 Å². The number of ether oxygens (including phenoxy) is 2. The van der Waals surface area contributed by atoms with E-state index in [1.807, 2.05) is 45.0 Å². The highest BCUT2D eigenvalue weighted by Gasteiger charge is 2.25. The lowest BCUT2D eigenvalue weighted by molar-refractivity contribution is 0.0955. The topological polar surface area (TPSA) is 109 Å². The summed E-state index contributed by atoms with van der Waals surface area (Å²) in [7, 11) is 3.14. The van der Waals surface area contributed by atoms with Crippen molar-refractivity contribution in [2.75, 3.05) is 19.6 Å². The van der Waals surface area contributed by atoms with Gasteiger partial charge in [0.15, 0.2) is 17.3 Å². The molecule has 3 rings (SSSR count). The zero-order valence-electron chi connectivity index (χ0n) is 18.8. The minimum absolute atomic E-state index is 0.315. The van der Waals surface area contributed by atoms with Crippen molar-refractivity contribution in [3.8, 4) is 11.5 Å². The van der Waals surface area contributed by atoms with Crippen LogP contribution < -0.4 is 14.9 Å². The first-order valence-corrected chi connectivity index (χ1v) is 9.98. The third kappa shape index (κ3) is 5.42. The molecule has 0 aliphatic rings. The number of hydrogen-bond donors (Lipinski definition) is 2. The van der Waals surface area contributed by atoms with Crippen molar-refractivity contribution in [1.29, 1.82) is 0 Å². The number of carbonyl (C=O) groups is 1. The highest BCUT2D eigenvalue weighted by atomic mass is 16.5. The number of aromatic nitrogens is 2. The fourth-order valence-electron chi connectivity index (χ4n) is 3.05. The summed E-state index contributed by atoms with van der Waals surface area (Å²) in [6, 6.07) is 11.1. The van der Waals surface area contributed by atoms with E-state index in [1.54, 1.807) is 38.8 Å². The number of anilines is 1. The molecule has 0 spiro atoms. The van der Waals surface area contributed by atoms with Gasteiger partial charge in [0.1, 0.15) is 0 Å². The average molecular weight is 438 g/mol. The number of nitrogens with one attached hydrogen (secondary N) is 1. The molecule has 0 atom stereocenters. The van der Waals surface area contributed by atoms with Crippen molar-refractivity contribution >= 4 is 29.2 Å². The Labute approximate surface area is 186 Å². The minimum Gasteiger partial charge on any atom is -0.493 e. The molecule has 0 aliphatic heterocycles. The molecule has 32 heavy (non-hydrogen) atoms. The Morgan fingerprint density at radius 1 is 1.12 bits per heavy atom. The molecule has 0 aliphatic carbocycles. The molecule has 0 saturated heterocycles. The van der Waals surface area contributed by atoms with Crippen LogP contribution in [0.25, 0.3) is 11.0 Å². The second-order valence-electron chi connectivity index (χ2n) is 8.10. The van der Waals surface area contributed by atoms with Gasteiger partial charge in [0.2, 0.25) is 0 Å². The summed E-state index contributed by atoms with van der Waals surface area (Å²) in [5, 5.41) is 13.7. The van der Waals surface area contributed by atoms with E-state index in [0.717, 1.165) is 11.1 Å². The van der Waals surface area contributed by atoms with Crippen LogP contribution in [0.4, 0.5) is 10.6 Å². The summed E-state index contributed by atoms with van der Waals surface area (Å²) in [4.78, 5) is 21.8. The van der Waals surface area contributed by atoms with Crippen LogP contribution >= 0.6 is 0 Å². The molecule has 3 aromatic rings. The summed E-state index contributed by atoms with van der Waals surface area (Å²) in [5.41, 5.74) is 5.48. The van der Waals surface area contributed by atoms with Crippen molar-refractivity contribution in [1.82, 2.24) is 14.9 Å². The van der Waals surface area contributed by atoms with Crippen LogP contribution in [0.1, 0.15) is 31.9 Å². The second-order valence-corrected chi connectivity index (χ2v) is 8.10. The van der Waals surface area contributed by atoms with Crippen LogP contribution in [0, 0.1) is 0 Å². The standard InChI is InChI=1S/C23H27N5O4/c1-23(2,3)28(22(29)30)14-16-8-6-15(7-9-16)12-25-27-21-13-24-17-10-19(31-4)20(32-5)11-18(17)26-21/h6-13H,14H2,1-5H3,(H,26,27)(H,29,30). The zero-order chi connectivity index (χ0) is 23.3. The lowest BCUT2D eigenvalue weighted by Gasteiger charge is -2.33. The van der Waals surface area contributed by atoms with Crippen molar-refractivity contribution in [2.45, 2.75) is 32.9 Å². The van der Waals surface area contributed by atoms with Crippen LogP contribution in [0.2, 0.25) is 0 Å². The minimum atomic E-state index is -0.945. The van der Waals surface area contributed by atoms with Crippen molar-refractivity contribution in [3.05, 3.63) is 53.7 Å². The van der Waals surface area contributed by atoms with Crippen LogP contribution in [0.15, 0.2) is 47.7 Å². The van der Waals surface area contributed by atoms with Gasteiger partial charge in [0.25, 0.3) is 0 Å². The van der Waals surface area contributed by atoms with E-state index in [2.05, 4.69) is 20.5 Å². The predicted molar refractivity (Wildman–Crippen MR) is 124 cm³/mol. The predicted octanol–water partition coefficient (Wildman–Crippen LogP) is 4.37. The van der Waals surface area contributed by atoms with Gasteiger partial charge < -0.3 is 14.6 Å². The molecule has 0 bridgehead atoms. The van der Waals surface area contributed by atoms with Crippen molar-refractivity contribution < 1.29 is 19.4 Å². The Balaban J connectivity index is 1.68. The van der Waals surface area contributed by atoms with Crippen LogP contribution in [-0.4, -0.2) is 52.0 Å². The number of benzene rings is 2. The molecule has 1 amide bonds. The van der Waals surface area contributed by atoms with Gasteiger partial charge in [-0.15, -0.1) is 0 Å². The molecule has 168 valence electrons. The van der Waals surface area contributed by atoms with Gasteiger partial charge in [0.05, 0.1) is 37.7 Å². The van der Waals surface area contributed by atoms with Crippen LogP contribution in [0.5, 0.6) is 11.5 Å². The molecule has 1 aromatic heterocycles. The fourth-order valence-corrected chi connectivity index (χ4v) is 3.05. The Morgan fingerprint density at radius 3 is 2.31 bits per heavy atom. The van der Waals surface area contributed by atoms with Gasteiger partial charge in [-0.05, 0) is 31.9 Å². The normalized spacial score (nSPS) is 11.5. The number of amides is 1. The van der Waals surface area contributed by atoms with Crippen molar-refractivity contribution in [2.24, 2.45) is 5.10 Å². The summed E-state index contributed by atoms with van der Waals surface area (Å²) in [6.07, 6.45) is 2.30. The van der Waals surface area contributed by atoms with Crippen LogP contribution in [0.3, 0.4) is 0 Å². The van der Waals surface area contributed by atoms with Gasteiger partial charge in [-0.3, -0.25) is 15.3 Å². The molecule has 2 N–H and O–H groups in total. The Kier molecular flexibility index (Phi) is 6.77. The number of rotatable bonds is 7. The molecule has 1 heterocycles. The van der Waals surface area contributed by atoms with Gasteiger partial charge in [0, 0.05) is 24.2 Å². The van der Waals surface area contributed by atoms with E-state index in [4.69, 9.17) is 9.47 Å². The van der Waals surface area contributed by atoms with E-state index in [9.17, 15) is 9.90 Å². The molecule has 0 fully saturated rings. The summed E-state index contributed by atoms with van der Waals surface area (Å²) in [6.45, 7) is 5.93. The third-order valence-corrected chi connectivity index (χ3v) is 4.80. The van der Waals surface area contributed by atoms with E-state index >= 15 is 0 Å². The summed E-state index contributed by atoms with van der Waals surface area (Å²) >= 11 is 0. The van der Waals surface area contributed by atoms with Gasteiger partial charge in [-0.1, -0.05) is 24.3 Å². The largest absolute Gasteiger partial charge is 0.493 e. The maximum absolute atomic E-state index is 11.5. The average Bonchev–Trinajstić information content (AvgIpc) is 2.76. The number of carboxylic acid groups (broad SMARTS) is 1. The fraction of sp³-hybridized carbons (Fsp3) is 0.304. The Bertz CT molecular complexity index is 1120. The highest BCUT2D eigenvalue weighted by molar-refractivity contribution is 5.81. The van der Waals surface area contributed by atoms with Gasteiger partial charge in [-0.25, -0.2) is 9.78 Å². The molecular weight excluding hydrogens is 410 g/mol. The number of hydrazone groups is 1. The molecule has 9 nitrogen and oxygen atoms in total. The van der Waals surface area contributed by atoms with E-state index < -0.39 is 11.6 Å². The lowest BCUT2D eigenvalue weighted by atomic mass is 10.0. The maximum Gasteiger partial charge on any atom is 0.408 e. The van der Waals surface area contributed by atoms with Crippen LogP contribution in [-0.2, 0) is 6.54 Å². The molecule has 0 radical (unpaired) electrons. The SMILES string of the molecule is COc1cc2ncc(NN=Cc3ccc(CN(C(=O)O)C(C)(C)C)cc3)nc2cc1OC. The third-order valence-electron chi connectivity index (χ3n) is 4.80. The molecular formula is C23H27N5O4. The summed E-state index contributed by atoms with van der Waals surface area (Å²) < 4.78 is 10.6. The van der Waals surface area contributed by atoms with E-state index in [0.29, 0.717) is 34.9 Å². The zero-order valence-corrected chi connectivity index (χ0v) is 18.8. The highest BCUT2D eigenvalue weighted by Crippen LogP contribution is 2.30. The quantitative estimate of drug-likeness (QED) is 0.417. The smallest absolute Gasteiger partial charge is 0.408 e. The monoisotopic (exact) mass is 437 g/mol. The second kappa shape index (κ2) is 9.51. The molecule has 0 saturated carbocycles. The van der Waals surface area contributed by atoms with Crippen molar-refractivity contribution in [3.63, 3.8) is 0 Å². The first-order valence-electron chi connectivity index (χ1n) is 9.98.